The number of imide groups is 1. The van der Waals surface area contributed by atoms with Gasteiger partial charge in [-0.25, -0.2) is 4.79 Å². The highest BCUT2D eigenvalue weighted by molar-refractivity contribution is 8.18. The van der Waals surface area contributed by atoms with E-state index in [1.54, 1.807) is 40.0 Å². The number of hydrogen-bond donors (Lipinski definition) is 3. The maximum absolute atomic E-state index is 12.5. The third-order valence-corrected chi connectivity index (χ3v) is 6.66. The number of anilines is 1. The van der Waals surface area contributed by atoms with E-state index in [4.69, 9.17) is 14.2 Å². The van der Waals surface area contributed by atoms with Crippen LogP contribution in [0.1, 0.15) is 52.0 Å². The van der Waals surface area contributed by atoms with Crippen molar-refractivity contribution in [2.75, 3.05) is 38.8 Å². The Kier molecular flexibility index (Phi) is 9.90. The third kappa shape index (κ3) is 8.30. The summed E-state index contributed by atoms with van der Waals surface area (Å²) in [6, 6.07) is 3.57. The second kappa shape index (κ2) is 12.9. The number of amides is 4. The van der Waals surface area contributed by atoms with Gasteiger partial charge < -0.3 is 29.7 Å². The van der Waals surface area contributed by atoms with Gasteiger partial charge in [-0.1, -0.05) is 0 Å². The summed E-state index contributed by atoms with van der Waals surface area (Å²) in [6.45, 7) is 7.13. The van der Waals surface area contributed by atoms with Gasteiger partial charge in [0.1, 0.15) is 5.60 Å². The molecule has 11 nitrogen and oxygen atoms in total. The zero-order valence-electron chi connectivity index (χ0n) is 22.5. The Labute approximate surface area is 227 Å². The Hall–Kier alpha value is -3.41. The van der Waals surface area contributed by atoms with Gasteiger partial charge in [-0.05, 0) is 63.9 Å². The van der Waals surface area contributed by atoms with Gasteiger partial charge in [0.05, 0.1) is 19.1 Å². The number of hydrogen-bond acceptors (Lipinski definition) is 9. The number of carbonyl (C=O) groups excluding carboxylic acids is 4. The average Bonchev–Trinajstić information content (AvgIpc) is 3.42. The molecule has 3 N–H and O–H groups in total. The van der Waals surface area contributed by atoms with E-state index in [2.05, 4.69) is 20.9 Å². The standard InChI is InChI=1S/C26H36N4O7S/c1-26(2,3)37-24(33)27-10-7-6-8-22(31)28-17-9-11-30(15-17)18-14-20(36-5)19(35-4)12-16(18)13-21-23(32)29-25(34)38-21/h12-14,17H,6-11,15H2,1-5H3,(H,27,33)(H,28,31)(H,29,32,34)/b21-13+. The molecule has 1 aromatic rings. The third-order valence-electron chi connectivity index (χ3n) is 5.85. The van der Waals surface area contributed by atoms with Crippen molar-refractivity contribution in [3.05, 3.63) is 22.6 Å². The summed E-state index contributed by atoms with van der Waals surface area (Å²) in [5.41, 5.74) is 0.976. The quantitative estimate of drug-likeness (QED) is 0.297. The lowest BCUT2D eigenvalue weighted by atomic mass is 10.1. The smallest absolute Gasteiger partial charge is 0.407 e. The van der Waals surface area contributed by atoms with Crippen molar-refractivity contribution in [2.24, 2.45) is 0 Å². The molecule has 2 aliphatic heterocycles. The van der Waals surface area contributed by atoms with Gasteiger partial charge in [0, 0.05) is 49.4 Å². The molecule has 0 aliphatic carbocycles. The van der Waals surface area contributed by atoms with E-state index >= 15 is 0 Å². The predicted octanol–water partition coefficient (Wildman–Crippen LogP) is 3.42. The van der Waals surface area contributed by atoms with Gasteiger partial charge in [-0.2, -0.15) is 0 Å². The van der Waals surface area contributed by atoms with E-state index in [1.165, 1.54) is 7.11 Å². The summed E-state index contributed by atoms with van der Waals surface area (Å²) in [5.74, 6) is 0.565. The van der Waals surface area contributed by atoms with Crippen LogP contribution in [0.25, 0.3) is 6.08 Å². The average molecular weight is 549 g/mol. The second-order valence-electron chi connectivity index (χ2n) is 10.0. The highest BCUT2D eigenvalue weighted by Gasteiger charge is 2.29. The van der Waals surface area contributed by atoms with Crippen molar-refractivity contribution in [3.8, 4) is 11.5 Å². The summed E-state index contributed by atoms with van der Waals surface area (Å²) < 4.78 is 16.1. The molecule has 1 unspecified atom stereocenters. The number of ether oxygens (including phenoxy) is 3. The molecular formula is C26H36N4O7S. The number of thioether (sulfide) groups is 1. The highest BCUT2D eigenvalue weighted by atomic mass is 32.2. The van der Waals surface area contributed by atoms with Crippen molar-refractivity contribution in [3.63, 3.8) is 0 Å². The number of unbranched alkanes of at least 4 members (excludes halogenated alkanes) is 1. The van der Waals surface area contributed by atoms with Crippen LogP contribution in [0.2, 0.25) is 0 Å². The molecule has 0 radical (unpaired) electrons. The summed E-state index contributed by atoms with van der Waals surface area (Å²) in [4.78, 5) is 50.4. The molecule has 0 aromatic heterocycles. The molecule has 1 aromatic carbocycles. The molecule has 12 heteroatoms. The maximum Gasteiger partial charge on any atom is 0.407 e. The molecule has 38 heavy (non-hydrogen) atoms. The van der Waals surface area contributed by atoms with Crippen molar-refractivity contribution in [1.82, 2.24) is 16.0 Å². The van der Waals surface area contributed by atoms with Crippen LogP contribution in [-0.4, -0.2) is 68.6 Å². The van der Waals surface area contributed by atoms with Crippen LogP contribution in [0.4, 0.5) is 15.3 Å². The van der Waals surface area contributed by atoms with E-state index < -0.39 is 22.8 Å². The first-order valence-electron chi connectivity index (χ1n) is 12.5. The number of methoxy groups -OCH3 is 2. The molecular weight excluding hydrogens is 512 g/mol. The maximum atomic E-state index is 12.5. The molecule has 208 valence electrons. The van der Waals surface area contributed by atoms with E-state index in [1.807, 2.05) is 6.07 Å². The van der Waals surface area contributed by atoms with Crippen molar-refractivity contribution in [2.45, 2.75) is 58.1 Å². The summed E-state index contributed by atoms with van der Waals surface area (Å²) in [5, 5.41) is 7.64. The number of rotatable bonds is 10. The molecule has 1 atom stereocenters. The highest BCUT2D eigenvalue weighted by Crippen LogP contribution is 2.39. The normalized spacial score (nSPS) is 18.4. The zero-order valence-corrected chi connectivity index (χ0v) is 23.3. The molecule has 2 aliphatic rings. The summed E-state index contributed by atoms with van der Waals surface area (Å²) in [6.07, 6.45) is 3.63. The van der Waals surface area contributed by atoms with Crippen LogP contribution in [0.15, 0.2) is 17.0 Å². The van der Waals surface area contributed by atoms with Gasteiger partial charge in [-0.15, -0.1) is 0 Å². The van der Waals surface area contributed by atoms with E-state index in [9.17, 15) is 19.2 Å². The number of nitrogens with zero attached hydrogens (tertiary/aromatic N) is 1. The monoisotopic (exact) mass is 548 g/mol. The first kappa shape index (κ1) is 29.2. The molecule has 3 rings (SSSR count). The Morgan fingerprint density at radius 3 is 2.50 bits per heavy atom. The molecule has 2 fully saturated rings. The molecule has 0 spiro atoms. The number of nitrogens with one attached hydrogen (secondary N) is 3. The Balaban J connectivity index is 1.56. The van der Waals surface area contributed by atoms with Gasteiger partial charge in [0.25, 0.3) is 11.1 Å². The summed E-state index contributed by atoms with van der Waals surface area (Å²) in [7, 11) is 3.08. The Morgan fingerprint density at radius 1 is 1.16 bits per heavy atom. The van der Waals surface area contributed by atoms with Crippen LogP contribution in [-0.2, 0) is 14.3 Å². The summed E-state index contributed by atoms with van der Waals surface area (Å²) >= 11 is 0.851. The Morgan fingerprint density at radius 2 is 1.87 bits per heavy atom. The first-order valence-corrected chi connectivity index (χ1v) is 13.3. The molecule has 2 saturated heterocycles. The fraction of sp³-hybridized carbons (Fsp3) is 0.538. The molecule has 4 amide bonds. The lowest BCUT2D eigenvalue weighted by Gasteiger charge is -2.23. The second-order valence-corrected chi connectivity index (χ2v) is 11.0. The zero-order chi connectivity index (χ0) is 27.9. The number of benzene rings is 1. The predicted molar refractivity (Wildman–Crippen MR) is 146 cm³/mol. The van der Waals surface area contributed by atoms with Crippen LogP contribution in [0.5, 0.6) is 11.5 Å². The van der Waals surface area contributed by atoms with Gasteiger partial charge >= 0.3 is 6.09 Å². The molecule has 0 saturated carbocycles. The minimum absolute atomic E-state index is 0.0401. The van der Waals surface area contributed by atoms with Crippen molar-refractivity contribution >= 4 is 46.7 Å². The lowest BCUT2D eigenvalue weighted by Crippen LogP contribution is -2.37. The lowest BCUT2D eigenvalue weighted by molar-refractivity contribution is -0.121. The van der Waals surface area contributed by atoms with Gasteiger partial charge in [0.2, 0.25) is 5.91 Å². The van der Waals surface area contributed by atoms with E-state index in [-0.39, 0.29) is 11.9 Å². The van der Waals surface area contributed by atoms with Gasteiger partial charge in [-0.3, -0.25) is 19.7 Å². The minimum atomic E-state index is -0.545. The van der Waals surface area contributed by atoms with Gasteiger partial charge in [0.15, 0.2) is 11.5 Å². The largest absolute Gasteiger partial charge is 0.493 e. The van der Waals surface area contributed by atoms with Crippen LogP contribution in [0.3, 0.4) is 0 Å². The van der Waals surface area contributed by atoms with Crippen LogP contribution >= 0.6 is 11.8 Å². The SMILES string of the molecule is COc1cc(/C=C2/SC(=O)NC2=O)c(N2CCC(NC(=O)CCCCNC(=O)OC(C)(C)C)C2)cc1OC. The van der Waals surface area contributed by atoms with Crippen LogP contribution in [0, 0.1) is 0 Å². The van der Waals surface area contributed by atoms with Crippen molar-refractivity contribution < 1.29 is 33.4 Å². The van der Waals surface area contributed by atoms with E-state index in [0.717, 1.165) is 23.9 Å². The van der Waals surface area contributed by atoms with Crippen molar-refractivity contribution in [1.29, 1.82) is 0 Å². The van der Waals surface area contributed by atoms with E-state index in [0.29, 0.717) is 60.9 Å². The minimum Gasteiger partial charge on any atom is -0.493 e. The fourth-order valence-corrected chi connectivity index (χ4v) is 4.82. The molecule has 2 heterocycles. The fourth-order valence-electron chi connectivity index (χ4n) is 4.15. The Bertz CT molecular complexity index is 1100. The molecule has 0 bridgehead atoms. The number of alkyl carbamates (subject to hydrolysis) is 1. The number of carbonyl (C=O) groups is 4. The first-order chi connectivity index (χ1) is 18.0. The van der Waals surface area contributed by atoms with Crippen LogP contribution < -0.4 is 30.3 Å². The topological polar surface area (TPSA) is 135 Å².